The number of rotatable bonds is 9. The van der Waals surface area contributed by atoms with Crippen LogP contribution < -0.4 is 25.2 Å². The first-order chi connectivity index (χ1) is 20.8. The van der Waals surface area contributed by atoms with E-state index in [4.69, 9.17) is 9.72 Å². The number of hydrogen-bond acceptors (Lipinski definition) is 10. The standard InChI is InChI=1S/C31H44N8O4/c1-4-25-30(42)37(3)26-18-33-31(35-28(26)39(25)20-7-5-6-8-20)34-24-10-9-23(22-11-16-43-27(22)24)29(41)32-17-21(40)19-38-14-12-36(2)13-15-38/h9-10,18,20-21,25,40H,4-8,11-17,19H2,1-3H3,(H,32,41)(H,33,34,35). The zero-order valence-electron chi connectivity index (χ0n) is 25.5. The molecule has 3 aliphatic heterocycles. The Hall–Kier alpha value is -3.48. The molecule has 2 fully saturated rings. The number of fused-ring (bicyclic) bond motifs is 2. The van der Waals surface area contributed by atoms with Crippen molar-refractivity contribution in [3.05, 3.63) is 29.5 Å². The van der Waals surface area contributed by atoms with Crippen LogP contribution in [0.15, 0.2) is 18.3 Å². The molecule has 1 saturated heterocycles. The third-order valence-corrected chi connectivity index (χ3v) is 9.33. The van der Waals surface area contributed by atoms with Crippen LogP contribution in [0.4, 0.5) is 23.1 Å². The van der Waals surface area contributed by atoms with E-state index in [9.17, 15) is 14.7 Å². The number of piperazine rings is 1. The summed E-state index contributed by atoms with van der Waals surface area (Å²) in [6.07, 6.45) is 6.83. The maximum Gasteiger partial charge on any atom is 0.251 e. The van der Waals surface area contributed by atoms with Crippen molar-refractivity contribution in [3.8, 4) is 5.75 Å². The Morgan fingerprint density at radius 3 is 2.67 bits per heavy atom. The third-order valence-electron chi connectivity index (χ3n) is 9.33. The number of aliphatic hydroxyl groups excluding tert-OH is 1. The highest BCUT2D eigenvalue weighted by Crippen LogP contribution is 2.41. The molecule has 0 radical (unpaired) electrons. The Bertz CT molecular complexity index is 1340. The van der Waals surface area contributed by atoms with Crippen molar-refractivity contribution < 1.29 is 19.4 Å². The molecule has 2 amide bonds. The van der Waals surface area contributed by atoms with E-state index in [-0.39, 0.29) is 30.4 Å². The van der Waals surface area contributed by atoms with Crippen LogP contribution in [0.3, 0.4) is 0 Å². The lowest BCUT2D eigenvalue weighted by atomic mass is 10.0. The smallest absolute Gasteiger partial charge is 0.251 e. The van der Waals surface area contributed by atoms with Gasteiger partial charge in [-0.05, 0) is 38.4 Å². The van der Waals surface area contributed by atoms with E-state index >= 15 is 0 Å². The summed E-state index contributed by atoms with van der Waals surface area (Å²) in [5.74, 6) is 1.68. The van der Waals surface area contributed by atoms with Gasteiger partial charge in [0.1, 0.15) is 17.5 Å². The van der Waals surface area contributed by atoms with Crippen LogP contribution >= 0.6 is 0 Å². The molecule has 1 aromatic heterocycles. The highest BCUT2D eigenvalue weighted by Gasteiger charge is 2.41. The van der Waals surface area contributed by atoms with Crippen LogP contribution in [-0.2, 0) is 11.2 Å². The van der Waals surface area contributed by atoms with Gasteiger partial charge in [0.15, 0.2) is 5.82 Å². The second-order valence-electron chi connectivity index (χ2n) is 12.2. The lowest BCUT2D eigenvalue weighted by Gasteiger charge is -2.43. The van der Waals surface area contributed by atoms with E-state index in [2.05, 4.69) is 44.3 Å². The normalized spacial score (nSPS) is 21.9. The molecule has 12 heteroatoms. The van der Waals surface area contributed by atoms with Gasteiger partial charge in [0.2, 0.25) is 11.9 Å². The largest absolute Gasteiger partial charge is 0.491 e. The predicted octanol–water partition coefficient (Wildman–Crippen LogP) is 2.00. The quantitative estimate of drug-likeness (QED) is 0.398. The Morgan fingerprint density at radius 1 is 1.16 bits per heavy atom. The molecule has 232 valence electrons. The number of β-amino-alcohol motifs (C(OH)–C–C–N with tert-alkyl or cyclic N) is 1. The zero-order valence-corrected chi connectivity index (χ0v) is 25.5. The minimum atomic E-state index is -0.635. The summed E-state index contributed by atoms with van der Waals surface area (Å²) in [5.41, 5.74) is 2.79. The van der Waals surface area contributed by atoms with Crippen molar-refractivity contribution in [3.63, 3.8) is 0 Å². The van der Waals surface area contributed by atoms with Crippen LogP contribution in [0, 0.1) is 0 Å². The van der Waals surface area contributed by atoms with E-state index < -0.39 is 6.10 Å². The van der Waals surface area contributed by atoms with Crippen molar-refractivity contribution in [1.29, 1.82) is 0 Å². The topological polar surface area (TPSA) is 126 Å². The number of amides is 2. The van der Waals surface area contributed by atoms with E-state index in [1.165, 1.54) is 0 Å². The lowest BCUT2D eigenvalue weighted by molar-refractivity contribution is -0.120. The molecule has 2 unspecified atom stereocenters. The monoisotopic (exact) mass is 592 g/mol. The number of nitrogens with zero attached hydrogens (tertiary/aromatic N) is 6. The predicted molar refractivity (Wildman–Crippen MR) is 165 cm³/mol. The number of nitrogens with one attached hydrogen (secondary N) is 2. The average Bonchev–Trinajstić information content (AvgIpc) is 3.72. The highest BCUT2D eigenvalue weighted by molar-refractivity contribution is 6.04. The summed E-state index contributed by atoms with van der Waals surface area (Å²) in [7, 11) is 3.90. The molecule has 0 bridgehead atoms. The van der Waals surface area contributed by atoms with Crippen LogP contribution in [0.5, 0.6) is 5.75 Å². The number of carbonyl (C=O) groups excluding carboxylic acids is 2. The van der Waals surface area contributed by atoms with Crippen LogP contribution in [0.25, 0.3) is 0 Å². The summed E-state index contributed by atoms with van der Waals surface area (Å²) >= 11 is 0. The van der Waals surface area contributed by atoms with Gasteiger partial charge in [-0.1, -0.05) is 19.8 Å². The minimum Gasteiger partial charge on any atom is -0.491 e. The molecule has 0 spiro atoms. The molecular formula is C31H44N8O4. The summed E-state index contributed by atoms with van der Waals surface area (Å²) in [6, 6.07) is 3.66. The molecule has 1 aliphatic carbocycles. The summed E-state index contributed by atoms with van der Waals surface area (Å²) in [4.78, 5) is 44.3. The third kappa shape index (κ3) is 6.00. The summed E-state index contributed by atoms with van der Waals surface area (Å²) < 4.78 is 5.99. The van der Waals surface area contributed by atoms with Crippen molar-refractivity contribution in [2.24, 2.45) is 0 Å². The van der Waals surface area contributed by atoms with Gasteiger partial charge in [-0.2, -0.15) is 4.98 Å². The number of anilines is 4. The van der Waals surface area contributed by atoms with Crippen LogP contribution in [-0.4, -0.2) is 115 Å². The van der Waals surface area contributed by atoms with E-state index in [0.717, 1.165) is 68.9 Å². The fraction of sp³-hybridized carbons (Fsp3) is 0.613. The summed E-state index contributed by atoms with van der Waals surface area (Å²) in [6.45, 7) is 7.07. The Labute approximate surface area is 253 Å². The number of aliphatic hydroxyl groups is 1. The first-order valence-electron chi connectivity index (χ1n) is 15.7. The van der Waals surface area contributed by atoms with Gasteiger partial charge in [0.25, 0.3) is 5.91 Å². The molecule has 6 rings (SSSR count). The van der Waals surface area contributed by atoms with Gasteiger partial charge in [0.05, 0.1) is 24.6 Å². The second kappa shape index (κ2) is 12.6. The molecule has 43 heavy (non-hydrogen) atoms. The molecule has 1 saturated carbocycles. The first kappa shape index (κ1) is 29.6. The minimum absolute atomic E-state index is 0.0816. The number of hydrogen-bond donors (Lipinski definition) is 3. The first-order valence-corrected chi connectivity index (χ1v) is 15.7. The molecular weight excluding hydrogens is 548 g/mol. The molecule has 12 nitrogen and oxygen atoms in total. The molecule has 3 N–H and O–H groups in total. The molecule has 2 aromatic rings. The molecule has 2 atom stereocenters. The van der Waals surface area contributed by atoms with Gasteiger partial charge in [-0.3, -0.25) is 14.5 Å². The number of aromatic nitrogens is 2. The number of carbonyl (C=O) groups is 2. The van der Waals surface area contributed by atoms with E-state index in [1.807, 2.05) is 6.07 Å². The zero-order chi connectivity index (χ0) is 30.1. The van der Waals surface area contributed by atoms with Crippen LogP contribution in [0.1, 0.15) is 54.9 Å². The Morgan fingerprint density at radius 2 is 1.93 bits per heavy atom. The van der Waals surface area contributed by atoms with Gasteiger partial charge in [-0.25, -0.2) is 4.98 Å². The van der Waals surface area contributed by atoms with Gasteiger partial charge >= 0.3 is 0 Å². The Kier molecular flexibility index (Phi) is 8.69. The highest BCUT2D eigenvalue weighted by atomic mass is 16.5. The fourth-order valence-corrected chi connectivity index (χ4v) is 6.87. The molecule has 4 aliphatic rings. The molecule has 4 heterocycles. The fourth-order valence-electron chi connectivity index (χ4n) is 6.87. The van der Waals surface area contributed by atoms with Crippen molar-refractivity contribution in [2.75, 3.05) is 75.1 Å². The van der Waals surface area contributed by atoms with Crippen LogP contribution in [0.2, 0.25) is 0 Å². The second-order valence-corrected chi connectivity index (χ2v) is 12.2. The maximum absolute atomic E-state index is 13.2. The molecule has 1 aromatic carbocycles. The van der Waals surface area contributed by atoms with E-state index in [1.54, 1.807) is 24.2 Å². The number of ether oxygens (including phenoxy) is 1. The van der Waals surface area contributed by atoms with Gasteiger partial charge in [0, 0.05) is 69.9 Å². The average molecular weight is 593 g/mol. The van der Waals surface area contributed by atoms with E-state index in [0.29, 0.717) is 48.9 Å². The van der Waals surface area contributed by atoms with Gasteiger partial charge < -0.3 is 35.2 Å². The van der Waals surface area contributed by atoms with Crippen molar-refractivity contribution >= 4 is 35.0 Å². The maximum atomic E-state index is 13.2. The summed E-state index contributed by atoms with van der Waals surface area (Å²) in [5, 5.41) is 16.8. The SMILES string of the molecule is CCC1C(=O)N(C)c2cnc(Nc3ccc(C(=O)NCC(O)CN4CCN(C)CC4)c4c3OCC4)nc2N1C1CCCC1. The number of benzene rings is 1. The lowest BCUT2D eigenvalue weighted by Crippen LogP contribution is -2.55. The van der Waals surface area contributed by atoms with Crippen molar-refractivity contribution in [1.82, 2.24) is 25.1 Å². The Balaban J connectivity index is 1.17. The van der Waals surface area contributed by atoms with Gasteiger partial charge in [-0.15, -0.1) is 0 Å². The number of likely N-dealkylation sites (N-methyl/N-ethyl adjacent to an activating group) is 2. The van der Waals surface area contributed by atoms with Crippen molar-refractivity contribution in [2.45, 2.75) is 63.6 Å².